The average molecular weight is 311 g/mol. The maximum atomic E-state index is 6.22. The Kier molecular flexibility index (Phi) is 4.10. The highest BCUT2D eigenvalue weighted by Crippen LogP contribution is 2.45. The quantitative estimate of drug-likeness (QED) is 0.442. The minimum Gasteiger partial charge on any atom is -0.117 e. The smallest absolute Gasteiger partial charge is 0.0591 e. The van der Waals surface area contributed by atoms with Crippen molar-refractivity contribution < 1.29 is 0 Å². The van der Waals surface area contributed by atoms with Gasteiger partial charge < -0.3 is 0 Å². The molecule has 3 rings (SSSR count). The predicted octanol–water partition coefficient (Wildman–Crippen LogP) is 5.51. The van der Waals surface area contributed by atoms with Gasteiger partial charge in [0.1, 0.15) is 0 Å². The summed E-state index contributed by atoms with van der Waals surface area (Å²) in [5.74, 6) is 0. The summed E-state index contributed by atoms with van der Waals surface area (Å²) in [5, 5.41) is 0.458. The molecule has 0 aliphatic rings. The van der Waals surface area contributed by atoms with Crippen LogP contribution in [0.15, 0.2) is 84.9 Å². The predicted molar refractivity (Wildman–Crippen MR) is 93.9 cm³/mol. The van der Waals surface area contributed by atoms with Gasteiger partial charge in [0, 0.05) is 5.02 Å². The zero-order valence-electron chi connectivity index (χ0n) is 11.5. The maximum absolute atomic E-state index is 6.22. The topological polar surface area (TPSA) is 0 Å². The molecular formula is C19H16ClP. The van der Waals surface area contributed by atoms with Crippen molar-refractivity contribution in [3.05, 3.63) is 107 Å². The molecule has 21 heavy (non-hydrogen) atoms. The molecule has 0 N–H and O–H groups in total. The molecular weight excluding hydrogens is 295 g/mol. The van der Waals surface area contributed by atoms with E-state index in [0.29, 0.717) is 0 Å². The molecule has 0 fully saturated rings. The third-order valence-corrected chi connectivity index (χ3v) is 4.97. The van der Waals surface area contributed by atoms with Gasteiger partial charge in [-0.05, 0) is 28.8 Å². The van der Waals surface area contributed by atoms with E-state index in [1.54, 1.807) is 0 Å². The van der Waals surface area contributed by atoms with E-state index in [0.717, 1.165) is 10.6 Å². The van der Waals surface area contributed by atoms with E-state index in [2.05, 4.69) is 63.8 Å². The maximum Gasteiger partial charge on any atom is 0.0591 e. The van der Waals surface area contributed by atoms with E-state index in [4.69, 9.17) is 11.6 Å². The lowest BCUT2D eigenvalue weighted by Gasteiger charge is -2.31. The Morgan fingerprint density at radius 1 is 0.619 bits per heavy atom. The molecule has 0 aromatic heterocycles. The summed E-state index contributed by atoms with van der Waals surface area (Å²) in [6.45, 7) is 0. The van der Waals surface area contributed by atoms with Crippen LogP contribution in [0.1, 0.15) is 16.7 Å². The summed E-state index contributed by atoms with van der Waals surface area (Å²) in [4.78, 5) is 0. The molecule has 0 aliphatic carbocycles. The van der Waals surface area contributed by atoms with Crippen molar-refractivity contribution in [3.8, 4) is 0 Å². The van der Waals surface area contributed by atoms with Crippen LogP contribution in [0.25, 0.3) is 0 Å². The van der Waals surface area contributed by atoms with Gasteiger partial charge in [0.05, 0.1) is 5.16 Å². The average Bonchev–Trinajstić information content (AvgIpc) is 2.56. The lowest BCUT2D eigenvalue weighted by molar-refractivity contribution is 0.897. The Bertz CT molecular complexity index is 683. The highest BCUT2D eigenvalue weighted by atomic mass is 35.5. The largest absolute Gasteiger partial charge is 0.117 e. The van der Waals surface area contributed by atoms with Crippen LogP contribution in [0, 0.1) is 0 Å². The van der Waals surface area contributed by atoms with E-state index in [-0.39, 0.29) is 5.16 Å². The Balaban J connectivity index is 2.25. The molecule has 3 aromatic carbocycles. The van der Waals surface area contributed by atoms with E-state index in [1.807, 2.05) is 30.3 Å². The molecule has 0 aliphatic heterocycles. The second kappa shape index (κ2) is 6.02. The highest BCUT2D eigenvalue weighted by Gasteiger charge is 2.31. The number of benzene rings is 3. The van der Waals surface area contributed by atoms with Crippen LogP contribution in [0.4, 0.5) is 0 Å². The normalized spacial score (nSPS) is 11.3. The second-order valence-corrected chi connectivity index (χ2v) is 6.35. The van der Waals surface area contributed by atoms with Crippen LogP contribution in [0.3, 0.4) is 0 Å². The lowest BCUT2D eigenvalue weighted by atomic mass is 9.84. The second-order valence-electron chi connectivity index (χ2n) is 5.05. The third kappa shape index (κ3) is 2.75. The minimum absolute atomic E-state index is 0.298. The first kappa shape index (κ1) is 14.3. The number of rotatable bonds is 3. The summed E-state index contributed by atoms with van der Waals surface area (Å²) in [6.07, 6.45) is 0. The van der Waals surface area contributed by atoms with Crippen LogP contribution in [0.5, 0.6) is 0 Å². The highest BCUT2D eigenvalue weighted by molar-refractivity contribution is 7.19. The molecule has 104 valence electrons. The molecule has 1 unspecified atom stereocenters. The van der Waals surface area contributed by atoms with Gasteiger partial charge in [0.25, 0.3) is 0 Å². The van der Waals surface area contributed by atoms with Crippen LogP contribution in [-0.2, 0) is 5.16 Å². The van der Waals surface area contributed by atoms with Gasteiger partial charge >= 0.3 is 0 Å². The van der Waals surface area contributed by atoms with Gasteiger partial charge in [-0.15, -0.1) is 9.24 Å². The fraction of sp³-hybridized carbons (Fsp3) is 0.0526. The van der Waals surface area contributed by atoms with Crippen molar-refractivity contribution in [1.82, 2.24) is 0 Å². The fourth-order valence-corrected chi connectivity index (χ4v) is 3.39. The summed E-state index contributed by atoms with van der Waals surface area (Å²) in [5.41, 5.74) is 3.62. The number of hydrogen-bond donors (Lipinski definition) is 0. The number of hydrogen-bond acceptors (Lipinski definition) is 0. The fourth-order valence-electron chi connectivity index (χ4n) is 2.64. The van der Waals surface area contributed by atoms with Gasteiger partial charge in [0.2, 0.25) is 0 Å². The van der Waals surface area contributed by atoms with Crippen molar-refractivity contribution in [3.63, 3.8) is 0 Å². The van der Waals surface area contributed by atoms with Crippen LogP contribution in [-0.4, -0.2) is 0 Å². The van der Waals surface area contributed by atoms with Crippen molar-refractivity contribution in [2.75, 3.05) is 0 Å². The van der Waals surface area contributed by atoms with E-state index >= 15 is 0 Å². The van der Waals surface area contributed by atoms with Crippen LogP contribution >= 0.6 is 20.8 Å². The van der Waals surface area contributed by atoms with Crippen molar-refractivity contribution in [1.29, 1.82) is 0 Å². The van der Waals surface area contributed by atoms with Crippen LogP contribution < -0.4 is 0 Å². The summed E-state index contributed by atoms with van der Waals surface area (Å²) < 4.78 is 0. The van der Waals surface area contributed by atoms with Gasteiger partial charge in [-0.1, -0.05) is 84.4 Å². The lowest BCUT2D eigenvalue weighted by Crippen LogP contribution is -2.21. The number of halogens is 1. The SMILES string of the molecule is PC(c1ccccc1)(c1ccccc1)c1cccc(Cl)c1. The Labute approximate surface area is 133 Å². The third-order valence-electron chi connectivity index (χ3n) is 3.74. The Morgan fingerprint density at radius 3 is 1.57 bits per heavy atom. The molecule has 0 radical (unpaired) electrons. The first-order chi connectivity index (χ1) is 10.2. The van der Waals surface area contributed by atoms with E-state index < -0.39 is 0 Å². The minimum atomic E-state index is -0.298. The van der Waals surface area contributed by atoms with Gasteiger partial charge in [-0.25, -0.2) is 0 Å². The molecule has 2 heteroatoms. The van der Waals surface area contributed by atoms with Gasteiger partial charge in [-0.3, -0.25) is 0 Å². The standard InChI is InChI=1S/C19H16ClP/c20-18-13-7-12-17(14-18)19(21,15-8-3-1-4-9-15)16-10-5-2-6-11-16/h1-14H,21H2. The van der Waals surface area contributed by atoms with E-state index in [1.165, 1.54) is 11.1 Å². The molecule has 0 bridgehead atoms. The van der Waals surface area contributed by atoms with Crippen molar-refractivity contribution >= 4 is 20.8 Å². The van der Waals surface area contributed by atoms with Crippen LogP contribution in [0.2, 0.25) is 5.02 Å². The zero-order valence-corrected chi connectivity index (χ0v) is 13.4. The van der Waals surface area contributed by atoms with Gasteiger partial charge in [-0.2, -0.15) is 0 Å². The summed E-state index contributed by atoms with van der Waals surface area (Å²) in [7, 11) is 3.02. The molecule has 0 saturated heterocycles. The molecule has 0 amide bonds. The van der Waals surface area contributed by atoms with Crippen molar-refractivity contribution in [2.24, 2.45) is 0 Å². The first-order valence-electron chi connectivity index (χ1n) is 6.87. The Morgan fingerprint density at radius 2 is 1.10 bits per heavy atom. The van der Waals surface area contributed by atoms with Gasteiger partial charge in [0.15, 0.2) is 0 Å². The molecule has 0 heterocycles. The first-order valence-corrected chi connectivity index (χ1v) is 7.83. The van der Waals surface area contributed by atoms with E-state index in [9.17, 15) is 0 Å². The molecule has 0 spiro atoms. The summed E-state index contributed by atoms with van der Waals surface area (Å²) >= 11 is 6.22. The molecule has 0 saturated carbocycles. The molecule has 0 nitrogen and oxygen atoms in total. The molecule has 1 atom stereocenters. The molecule has 3 aromatic rings. The summed E-state index contributed by atoms with van der Waals surface area (Å²) in [6, 6.07) is 29.0. The zero-order chi connectivity index (χ0) is 14.7. The monoisotopic (exact) mass is 310 g/mol. The van der Waals surface area contributed by atoms with Crippen molar-refractivity contribution in [2.45, 2.75) is 5.16 Å². The Hall–Kier alpha value is -1.62.